The van der Waals surface area contributed by atoms with Gasteiger partial charge in [-0.05, 0) is 60.9 Å². The van der Waals surface area contributed by atoms with Gasteiger partial charge in [-0.2, -0.15) is 0 Å². The number of hydrogen-bond donors (Lipinski definition) is 0. The minimum absolute atomic E-state index is 0.104. The molecule has 6 nitrogen and oxygen atoms in total. The highest BCUT2D eigenvalue weighted by Crippen LogP contribution is 2.35. The zero-order valence-electron chi connectivity index (χ0n) is 18.0. The molecular weight excluding hydrogens is 426 g/mol. The number of rotatable bonds is 5. The maximum absolute atomic E-state index is 14.3. The molecule has 0 bridgehead atoms. The Morgan fingerprint density at radius 1 is 1.03 bits per heavy atom. The third-order valence-electron chi connectivity index (χ3n) is 5.53. The molecule has 5 rings (SSSR count). The van der Waals surface area contributed by atoms with Crippen molar-refractivity contribution in [2.75, 3.05) is 0 Å². The summed E-state index contributed by atoms with van der Waals surface area (Å²) >= 11 is 0. The maximum Gasteiger partial charge on any atom is 0.260 e. The average molecular weight is 446 g/mol. The van der Waals surface area contributed by atoms with Gasteiger partial charge in [0.05, 0.1) is 12.0 Å². The highest BCUT2D eigenvalue weighted by atomic mass is 19.1. The van der Waals surface area contributed by atoms with Crippen molar-refractivity contribution in [1.29, 1.82) is 0 Å². The van der Waals surface area contributed by atoms with Gasteiger partial charge in [-0.15, -0.1) is 0 Å². The topological polar surface area (TPSA) is 60.2 Å². The lowest BCUT2D eigenvalue weighted by Crippen LogP contribution is -2.23. The van der Waals surface area contributed by atoms with Gasteiger partial charge >= 0.3 is 0 Å². The van der Waals surface area contributed by atoms with Crippen LogP contribution in [0.4, 0.5) is 8.78 Å². The van der Waals surface area contributed by atoms with Gasteiger partial charge in [0.2, 0.25) is 11.6 Å². The van der Waals surface area contributed by atoms with E-state index < -0.39 is 17.4 Å². The maximum atomic E-state index is 14.3. The van der Waals surface area contributed by atoms with Gasteiger partial charge in [0.25, 0.3) is 5.91 Å². The Morgan fingerprint density at radius 3 is 2.42 bits per heavy atom. The van der Waals surface area contributed by atoms with E-state index in [4.69, 9.17) is 4.74 Å². The van der Waals surface area contributed by atoms with E-state index in [0.717, 1.165) is 16.9 Å². The number of imidazole rings is 1. The largest absolute Gasteiger partial charge is 0.432 e. The second-order valence-electron chi connectivity index (χ2n) is 8.06. The van der Waals surface area contributed by atoms with Gasteiger partial charge in [0, 0.05) is 31.2 Å². The third-order valence-corrected chi connectivity index (χ3v) is 5.53. The number of hydrogen-bond acceptors (Lipinski definition) is 4. The van der Waals surface area contributed by atoms with Crippen molar-refractivity contribution in [3.63, 3.8) is 0 Å². The van der Waals surface area contributed by atoms with Gasteiger partial charge in [-0.1, -0.05) is 12.1 Å². The van der Waals surface area contributed by atoms with Crippen LogP contribution in [0.3, 0.4) is 0 Å². The molecule has 0 radical (unpaired) electrons. The highest BCUT2D eigenvalue weighted by Gasteiger charge is 2.32. The van der Waals surface area contributed by atoms with E-state index in [9.17, 15) is 13.6 Å². The molecule has 33 heavy (non-hydrogen) atoms. The first-order valence-electron chi connectivity index (χ1n) is 10.4. The Labute approximate surface area is 189 Å². The van der Waals surface area contributed by atoms with Crippen LogP contribution in [0.2, 0.25) is 0 Å². The second-order valence-corrected chi connectivity index (χ2v) is 8.06. The summed E-state index contributed by atoms with van der Waals surface area (Å²) in [5.41, 5.74) is 4.20. The lowest BCUT2D eigenvalue weighted by Gasteiger charge is -2.16. The van der Waals surface area contributed by atoms with E-state index in [1.54, 1.807) is 24.2 Å². The van der Waals surface area contributed by atoms with E-state index in [1.165, 1.54) is 18.3 Å². The van der Waals surface area contributed by atoms with Crippen molar-refractivity contribution >= 4 is 5.91 Å². The second kappa shape index (κ2) is 8.12. The third kappa shape index (κ3) is 3.95. The first-order valence-corrected chi connectivity index (χ1v) is 10.4. The molecule has 0 spiro atoms. The Balaban J connectivity index is 1.36. The fraction of sp³-hybridized carbons (Fsp3) is 0.160. The number of fused-ring (bicyclic) bond motifs is 1. The summed E-state index contributed by atoms with van der Waals surface area (Å²) in [6, 6.07) is 11.9. The van der Waals surface area contributed by atoms with Crippen LogP contribution in [-0.2, 0) is 13.1 Å². The molecule has 166 valence electrons. The predicted molar refractivity (Wildman–Crippen MR) is 117 cm³/mol. The molecule has 0 aliphatic carbocycles. The van der Waals surface area contributed by atoms with Gasteiger partial charge in [0.1, 0.15) is 5.56 Å². The molecule has 2 aromatic carbocycles. The molecule has 1 amide bonds. The van der Waals surface area contributed by atoms with E-state index >= 15 is 0 Å². The van der Waals surface area contributed by atoms with Crippen molar-refractivity contribution in [2.45, 2.75) is 26.9 Å². The standard InChI is InChI=1S/C25H20F2N4O2/c1-15-9-20(26)23(21(27)10-15)33-24-22-18(7-8-28-24)13-30(25(22)32)12-17-3-5-19(6-4-17)31-11-16(2)29-14-31/h3-11,14H,12-13H2,1-2H3. The Bertz CT molecular complexity index is 1340. The van der Waals surface area contributed by atoms with Crippen LogP contribution in [0.1, 0.15) is 32.7 Å². The van der Waals surface area contributed by atoms with Crippen molar-refractivity contribution < 1.29 is 18.3 Å². The molecule has 0 N–H and O–H groups in total. The fourth-order valence-electron chi connectivity index (χ4n) is 3.92. The molecule has 4 aromatic rings. The lowest BCUT2D eigenvalue weighted by atomic mass is 10.2. The first-order chi connectivity index (χ1) is 15.9. The van der Waals surface area contributed by atoms with Crippen molar-refractivity contribution in [3.05, 3.63) is 101 Å². The Kier molecular flexibility index (Phi) is 5.12. The smallest absolute Gasteiger partial charge is 0.260 e. The van der Waals surface area contributed by atoms with Gasteiger partial charge < -0.3 is 14.2 Å². The number of halogens is 2. The fourth-order valence-corrected chi connectivity index (χ4v) is 3.92. The average Bonchev–Trinajstić information content (AvgIpc) is 3.35. The number of carbonyl (C=O) groups is 1. The normalized spacial score (nSPS) is 12.8. The van der Waals surface area contributed by atoms with Crippen LogP contribution in [0.5, 0.6) is 11.6 Å². The van der Waals surface area contributed by atoms with Crippen molar-refractivity contribution in [1.82, 2.24) is 19.4 Å². The molecule has 2 aromatic heterocycles. The van der Waals surface area contributed by atoms with Crippen LogP contribution in [0, 0.1) is 25.5 Å². The summed E-state index contributed by atoms with van der Waals surface area (Å²) in [4.78, 5) is 23.1. The highest BCUT2D eigenvalue weighted by molar-refractivity contribution is 6.00. The summed E-state index contributed by atoms with van der Waals surface area (Å²) in [7, 11) is 0. The number of benzene rings is 2. The molecular formula is C25H20F2N4O2. The predicted octanol–water partition coefficient (Wildman–Crippen LogP) is 5.11. The quantitative estimate of drug-likeness (QED) is 0.427. The van der Waals surface area contributed by atoms with E-state index in [-0.39, 0.29) is 17.4 Å². The Morgan fingerprint density at radius 2 is 1.76 bits per heavy atom. The van der Waals surface area contributed by atoms with Crippen LogP contribution in [-0.4, -0.2) is 25.3 Å². The molecule has 8 heteroatoms. The monoisotopic (exact) mass is 446 g/mol. The van der Waals surface area contributed by atoms with Crippen molar-refractivity contribution in [2.24, 2.45) is 0 Å². The molecule has 3 heterocycles. The van der Waals surface area contributed by atoms with Gasteiger partial charge in [-0.3, -0.25) is 4.79 Å². The molecule has 1 aliphatic heterocycles. The summed E-state index contributed by atoms with van der Waals surface area (Å²) in [5, 5.41) is 0. The van der Waals surface area contributed by atoms with Crippen LogP contribution < -0.4 is 4.74 Å². The van der Waals surface area contributed by atoms with E-state index in [1.807, 2.05) is 42.0 Å². The molecule has 0 saturated carbocycles. The van der Waals surface area contributed by atoms with Crippen LogP contribution in [0.15, 0.2) is 61.2 Å². The number of aryl methyl sites for hydroxylation is 2. The molecule has 1 aliphatic rings. The number of ether oxygens (including phenoxy) is 1. The minimum atomic E-state index is -0.845. The van der Waals surface area contributed by atoms with E-state index in [2.05, 4.69) is 9.97 Å². The Hall–Kier alpha value is -4.07. The van der Waals surface area contributed by atoms with Crippen LogP contribution in [0.25, 0.3) is 5.69 Å². The van der Waals surface area contributed by atoms with Gasteiger partial charge in [-0.25, -0.2) is 18.7 Å². The molecule has 0 atom stereocenters. The number of nitrogens with zero attached hydrogens (tertiary/aromatic N) is 4. The van der Waals surface area contributed by atoms with Crippen LogP contribution >= 0.6 is 0 Å². The first kappa shape index (κ1) is 20.8. The number of pyridine rings is 1. The van der Waals surface area contributed by atoms with E-state index in [0.29, 0.717) is 24.2 Å². The summed E-state index contributed by atoms with van der Waals surface area (Å²) in [5.74, 6) is -2.66. The zero-order valence-corrected chi connectivity index (χ0v) is 18.0. The summed E-state index contributed by atoms with van der Waals surface area (Å²) in [6.45, 7) is 4.24. The summed E-state index contributed by atoms with van der Waals surface area (Å²) < 4.78 is 35.9. The molecule has 0 unspecified atom stereocenters. The zero-order chi connectivity index (χ0) is 23.1. The SMILES string of the molecule is Cc1cc(F)c(Oc2nccc3c2C(=O)N(Cc2ccc(-n4cnc(C)c4)cc2)C3)c(F)c1. The number of amides is 1. The van der Waals surface area contributed by atoms with Crippen molar-refractivity contribution in [3.8, 4) is 17.3 Å². The number of carbonyl (C=O) groups excluding carboxylic acids is 1. The summed E-state index contributed by atoms with van der Waals surface area (Å²) in [6.07, 6.45) is 5.15. The van der Waals surface area contributed by atoms with Gasteiger partial charge in [0.15, 0.2) is 11.6 Å². The molecule has 0 fully saturated rings. The minimum Gasteiger partial charge on any atom is -0.432 e. The lowest BCUT2D eigenvalue weighted by molar-refractivity contribution is 0.0764. The number of aromatic nitrogens is 3. The molecule has 0 saturated heterocycles.